The fourth-order valence-corrected chi connectivity index (χ4v) is 1.74. The second-order valence-corrected chi connectivity index (χ2v) is 4.53. The Morgan fingerprint density at radius 3 is 2.23 bits per heavy atom. The third-order valence-electron chi connectivity index (χ3n) is 2.94. The molecule has 3 N–H and O–H groups in total. The number of phenolic OH excluding ortho intramolecular Hbond substituents is 1. The number of benzene rings is 2. The molecule has 0 radical (unpaired) electrons. The van der Waals surface area contributed by atoms with Crippen molar-refractivity contribution in [2.24, 2.45) is 0 Å². The number of ether oxygens (including phenoxy) is 1. The number of nitrogens with one attached hydrogen (secondary N) is 2. The first-order valence-electron chi connectivity index (χ1n) is 6.59. The minimum absolute atomic E-state index is 0.0851. The zero-order valence-corrected chi connectivity index (χ0v) is 12.0. The van der Waals surface area contributed by atoms with Crippen LogP contribution in [-0.2, 0) is 16.1 Å². The monoisotopic (exact) mass is 300 g/mol. The fraction of sp³-hybridized carbons (Fsp3) is 0.125. The number of carbonyl (C=O) groups excluding carboxylic acids is 2. The highest BCUT2D eigenvalue weighted by Gasteiger charge is 2.13. The number of anilines is 1. The van der Waals surface area contributed by atoms with Crippen LogP contribution >= 0.6 is 0 Å². The molecule has 0 heterocycles. The maximum Gasteiger partial charge on any atom is 0.313 e. The summed E-state index contributed by atoms with van der Waals surface area (Å²) in [7, 11) is 1.57. The zero-order valence-electron chi connectivity index (χ0n) is 12.0. The Morgan fingerprint density at radius 1 is 1.00 bits per heavy atom. The largest absolute Gasteiger partial charge is 0.508 e. The molecule has 2 aromatic carbocycles. The van der Waals surface area contributed by atoms with Crippen molar-refractivity contribution in [1.29, 1.82) is 0 Å². The zero-order chi connectivity index (χ0) is 15.9. The SMILES string of the molecule is COc1ccc(CNC(=O)C(=O)Nc2ccc(O)cc2)cc1. The van der Waals surface area contributed by atoms with Crippen molar-refractivity contribution in [1.82, 2.24) is 5.32 Å². The number of phenols is 1. The highest BCUT2D eigenvalue weighted by Crippen LogP contribution is 2.13. The van der Waals surface area contributed by atoms with Gasteiger partial charge in [-0.2, -0.15) is 0 Å². The molecule has 0 aliphatic rings. The Labute approximate surface area is 127 Å². The van der Waals surface area contributed by atoms with E-state index in [0.717, 1.165) is 11.3 Å². The van der Waals surface area contributed by atoms with Gasteiger partial charge in [0.25, 0.3) is 0 Å². The van der Waals surface area contributed by atoms with Crippen LogP contribution < -0.4 is 15.4 Å². The highest BCUT2D eigenvalue weighted by molar-refractivity contribution is 6.39. The van der Waals surface area contributed by atoms with Gasteiger partial charge in [-0.1, -0.05) is 12.1 Å². The Bertz CT molecular complexity index is 651. The van der Waals surface area contributed by atoms with Gasteiger partial charge in [0.05, 0.1) is 7.11 Å². The summed E-state index contributed by atoms with van der Waals surface area (Å²) in [4.78, 5) is 23.4. The van der Waals surface area contributed by atoms with Gasteiger partial charge in [-0.25, -0.2) is 0 Å². The molecule has 2 amide bonds. The van der Waals surface area contributed by atoms with Crippen molar-refractivity contribution in [3.05, 3.63) is 54.1 Å². The summed E-state index contributed by atoms with van der Waals surface area (Å²) < 4.78 is 5.04. The smallest absolute Gasteiger partial charge is 0.313 e. The molecule has 0 aromatic heterocycles. The summed E-state index contributed by atoms with van der Waals surface area (Å²) >= 11 is 0. The number of rotatable bonds is 4. The maximum absolute atomic E-state index is 11.7. The molecular formula is C16H16N2O4. The lowest BCUT2D eigenvalue weighted by Gasteiger charge is -2.07. The van der Waals surface area contributed by atoms with Crippen LogP contribution in [0, 0.1) is 0 Å². The first kappa shape index (κ1) is 15.4. The Balaban J connectivity index is 1.85. The van der Waals surface area contributed by atoms with Crippen LogP contribution in [0.2, 0.25) is 0 Å². The molecule has 2 aromatic rings. The van der Waals surface area contributed by atoms with Gasteiger partial charge in [0.2, 0.25) is 0 Å². The van der Waals surface area contributed by atoms with E-state index in [4.69, 9.17) is 9.84 Å². The van der Waals surface area contributed by atoms with Gasteiger partial charge in [-0.3, -0.25) is 9.59 Å². The number of aromatic hydroxyl groups is 1. The summed E-state index contributed by atoms with van der Waals surface area (Å²) in [6, 6.07) is 13.0. The van der Waals surface area contributed by atoms with Crippen LogP contribution in [0.25, 0.3) is 0 Å². The highest BCUT2D eigenvalue weighted by atomic mass is 16.5. The molecular weight excluding hydrogens is 284 g/mol. The third-order valence-corrected chi connectivity index (χ3v) is 2.94. The number of amides is 2. The van der Waals surface area contributed by atoms with E-state index < -0.39 is 11.8 Å². The van der Waals surface area contributed by atoms with E-state index >= 15 is 0 Å². The minimum atomic E-state index is -0.765. The molecule has 0 bridgehead atoms. The van der Waals surface area contributed by atoms with Crippen molar-refractivity contribution in [3.63, 3.8) is 0 Å². The predicted molar refractivity (Wildman–Crippen MR) is 81.6 cm³/mol. The molecule has 6 nitrogen and oxygen atoms in total. The van der Waals surface area contributed by atoms with Crippen molar-refractivity contribution >= 4 is 17.5 Å². The summed E-state index contributed by atoms with van der Waals surface area (Å²) in [5, 5.41) is 14.1. The first-order chi connectivity index (χ1) is 10.6. The number of hydrogen-bond donors (Lipinski definition) is 3. The molecule has 0 unspecified atom stereocenters. The second-order valence-electron chi connectivity index (χ2n) is 4.53. The topological polar surface area (TPSA) is 87.7 Å². The Hall–Kier alpha value is -3.02. The summed E-state index contributed by atoms with van der Waals surface area (Å²) in [6.45, 7) is 0.242. The van der Waals surface area contributed by atoms with Crippen LogP contribution in [0.4, 0.5) is 5.69 Å². The van der Waals surface area contributed by atoms with Crippen LogP contribution in [0.1, 0.15) is 5.56 Å². The van der Waals surface area contributed by atoms with Crippen LogP contribution in [0.5, 0.6) is 11.5 Å². The standard InChI is InChI=1S/C16H16N2O4/c1-22-14-8-2-11(3-9-14)10-17-15(20)16(21)18-12-4-6-13(19)7-5-12/h2-9,19H,10H2,1H3,(H,17,20)(H,18,21). The van der Waals surface area contributed by atoms with Crippen LogP contribution in [0.3, 0.4) is 0 Å². The lowest BCUT2D eigenvalue weighted by Crippen LogP contribution is -2.34. The van der Waals surface area contributed by atoms with E-state index in [0.29, 0.717) is 5.69 Å². The molecule has 0 fully saturated rings. The van der Waals surface area contributed by atoms with Gasteiger partial charge in [-0.05, 0) is 42.0 Å². The van der Waals surface area contributed by atoms with E-state index in [9.17, 15) is 9.59 Å². The van der Waals surface area contributed by atoms with Gasteiger partial charge in [0.15, 0.2) is 0 Å². The average molecular weight is 300 g/mol. The number of methoxy groups -OCH3 is 1. The van der Waals surface area contributed by atoms with Crippen molar-refractivity contribution in [2.45, 2.75) is 6.54 Å². The fourth-order valence-electron chi connectivity index (χ4n) is 1.74. The van der Waals surface area contributed by atoms with E-state index in [2.05, 4.69) is 10.6 Å². The molecule has 0 atom stereocenters. The summed E-state index contributed by atoms with van der Waals surface area (Å²) in [6.07, 6.45) is 0. The van der Waals surface area contributed by atoms with E-state index in [-0.39, 0.29) is 12.3 Å². The number of carbonyl (C=O) groups is 2. The van der Waals surface area contributed by atoms with Gasteiger partial charge in [-0.15, -0.1) is 0 Å². The van der Waals surface area contributed by atoms with E-state index in [1.165, 1.54) is 24.3 Å². The summed E-state index contributed by atoms with van der Waals surface area (Å²) in [5.41, 5.74) is 1.29. The lowest BCUT2D eigenvalue weighted by molar-refractivity contribution is -0.136. The normalized spacial score (nSPS) is 9.86. The van der Waals surface area contributed by atoms with Crippen LogP contribution in [0.15, 0.2) is 48.5 Å². The van der Waals surface area contributed by atoms with E-state index in [1.807, 2.05) is 0 Å². The molecule has 0 aliphatic heterocycles. The molecule has 0 saturated heterocycles. The lowest BCUT2D eigenvalue weighted by atomic mass is 10.2. The Morgan fingerprint density at radius 2 is 1.64 bits per heavy atom. The average Bonchev–Trinajstić information content (AvgIpc) is 2.55. The van der Waals surface area contributed by atoms with Crippen molar-refractivity contribution in [3.8, 4) is 11.5 Å². The van der Waals surface area contributed by atoms with Crippen molar-refractivity contribution in [2.75, 3.05) is 12.4 Å². The van der Waals surface area contributed by atoms with Gasteiger partial charge < -0.3 is 20.5 Å². The molecule has 2 rings (SSSR count). The molecule has 6 heteroatoms. The minimum Gasteiger partial charge on any atom is -0.508 e. The van der Waals surface area contributed by atoms with Crippen molar-refractivity contribution < 1.29 is 19.4 Å². The van der Waals surface area contributed by atoms with Gasteiger partial charge >= 0.3 is 11.8 Å². The quantitative estimate of drug-likeness (QED) is 0.592. The Kier molecular flexibility index (Phi) is 4.98. The molecule has 0 spiro atoms. The second kappa shape index (κ2) is 7.12. The maximum atomic E-state index is 11.7. The first-order valence-corrected chi connectivity index (χ1v) is 6.59. The molecule has 0 aliphatic carbocycles. The summed E-state index contributed by atoms with van der Waals surface area (Å²) in [5.74, 6) is -0.690. The van der Waals surface area contributed by atoms with Crippen LogP contribution in [-0.4, -0.2) is 24.0 Å². The van der Waals surface area contributed by atoms with Gasteiger partial charge in [0.1, 0.15) is 11.5 Å². The third kappa shape index (κ3) is 4.24. The predicted octanol–water partition coefficient (Wildman–Crippen LogP) is 1.66. The molecule has 114 valence electrons. The molecule has 0 saturated carbocycles. The van der Waals surface area contributed by atoms with Gasteiger partial charge in [0, 0.05) is 12.2 Å². The van der Waals surface area contributed by atoms with E-state index in [1.54, 1.807) is 31.4 Å². The number of hydrogen-bond acceptors (Lipinski definition) is 4. The molecule has 22 heavy (non-hydrogen) atoms.